The van der Waals surface area contributed by atoms with E-state index in [2.05, 4.69) is 12.1 Å². The average molecular weight is 297 g/mol. The summed E-state index contributed by atoms with van der Waals surface area (Å²) in [6.07, 6.45) is 1.24. The van der Waals surface area contributed by atoms with Crippen LogP contribution in [0, 0.1) is 0 Å². The first-order valence-electron chi connectivity index (χ1n) is 6.73. The molecule has 0 radical (unpaired) electrons. The van der Waals surface area contributed by atoms with Crippen molar-refractivity contribution >= 4 is 16.0 Å². The van der Waals surface area contributed by atoms with Gasteiger partial charge in [0, 0.05) is 13.1 Å². The number of nitrogens with zero attached hydrogens (tertiary/aromatic N) is 1. The molecule has 0 bridgehead atoms. The third-order valence-electron chi connectivity index (χ3n) is 3.69. The summed E-state index contributed by atoms with van der Waals surface area (Å²) >= 11 is 0. The molecule has 20 heavy (non-hydrogen) atoms. The fraction of sp³-hybridized carbons (Fsp3) is 0.500. The summed E-state index contributed by atoms with van der Waals surface area (Å²) < 4.78 is 25.4. The molecular weight excluding hydrogens is 278 g/mol. The van der Waals surface area contributed by atoms with Crippen LogP contribution in [-0.2, 0) is 14.8 Å². The van der Waals surface area contributed by atoms with Crippen molar-refractivity contribution in [3.05, 3.63) is 35.9 Å². The average Bonchev–Trinajstić information content (AvgIpc) is 2.46. The number of hydrogen-bond donors (Lipinski definition) is 1. The molecular formula is C14H19NO4S. The molecule has 0 spiro atoms. The minimum atomic E-state index is -3.43. The Hall–Kier alpha value is -1.40. The van der Waals surface area contributed by atoms with Crippen molar-refractivity contribution in [2.75, 3.05) is 18.8 Å². The summed E-state index contributed by atoms with van der Waals surface area (Å²) in [5.74, 6) is -0.993. The molecule has 1 N–H and O–H groups in total. The minimum Gasteiger partial charge on any atom is -0.481 e. The van der Waals surface area contributed by atoms with Crippen molar-refractivity contribution in [3.63, 3.8) is 0 Å². The van der Waals surface area contributed by atoms with Gasteiger partial charge in [-0.25, -0.2) is 12.7 Å². The lowest BCUT2D eigenvalue weighted by molar-refractivity contribution is -0.136. The van der Waals surface area contributed by atoms with Gasteiger partial charge in [0.2, 0.25) is 10.0 Å². The topological polar surface area (TPSA) is 74.7 Å². The van der Waals surface area contributed by atoms with E-state index in [9.17, 15) is 13.2 Å². The Balaban J connectivity index is 1.92. The largest absolute Gasteiger partial charge is 0.481 e. The molecule has 2 rings (SSSR count). The van der Waals surface area contributed by atoms with Crippen LogP contribution in [0.5, 0.6) is 0 Å². The second-order valence-corrected chi connectivity index (χ2v) is 7.13. The summed E-state index contributed by atoms with van der Waals surface area (Å²) in [6.45, 7) is 0.947. The molecule has 0 amide bonds. The van der Waals surface area contributed by atoms with Crippen LogP contribution < -0.4 is 0 Å². The van der Waals surface area contributed by atoms with Gasteiger partial charge in [0.05, 0.1) is 12.2 Å². The zero-order valence-electron chi connectivity index (χ0n) is 11.2. The molecule has 6 heteroatoms. The fourth-order valence-corrected chi connectivity index (χ4v) is 4.00. The molecule has 1 heterocycles. The van der Waals surface area contributed by atoms with Gasteiger partial charge in [-0.2, -0.15) is 0 Å². The van der Waals surface area contributed by atoms with Gasteiger partial charge in [0.25, 0.3) is 0 Å². The first-order valence-corrected chi connectivity index (χ1v) is 8.34. The highest BCUT2D eigenvalue weighted by Crippen LogP contribution is 2.28. The molecule has 1 aliphatic heterocycles. The normalized spacial score (nSPS) is 18.0. The number of piperidine rings is 1. The summed E-state index contributed by atoms with van der Waals surface area (Å²) in [5, 5.41) is 8.58. The number of benzene rings is 1. The van der Waals surface area contributed by atoms with E-state index in [1.807, 2.05) is 18.2 Å². The predicted octanol–water partition coefficient (Wildman–Crippen LogP) is 1.67. The van der Waals surface area contributed by atoms with E-state index < -0.39 is 16.0 Å². The third kappa shape index (κ3) is 3.80. The van der Waals surface area contributed by atoms with Crippen LogP contribution in [0.1, 0.15) is 30.7 Å². The molecule has 1 saturated heterocycles. The number of carboxylic acid groups (broad SMARTS) is 1. The van der Waals surface area contributed by atoms with Crippen LogP contribution in [0.2, 0.25) is 0 Å². The zero-order chi connectivity index (χ0) is 14.6. The van der Waals surface area contributed by atoms with Crippen LogP contribution in [0.25, 0.3) is 0 Å². The first kappa shape index (κ1) is 15.0. The second-order valence-electron chi connectivity index (χ2n) is 5.04. The van der Waals surface area contributed by atoms with E-state index in [4.69, 9.17) is 5.11 Å². The monoisotopic (exact) mass is 297 g/mol. The third-order valence-corrected chi connectivity index (χ3v) is 5.56. The van der Waals surface area contributed by atoms with Gasteiger partial charge in [0.1, 0.15) is 0 Å². The van der Waals surface area contributed by atoms with Crippen LogP contribution in [0.4, 0.5) is 0 Å². The Bertz CT molecular complexity index is 548. The fourth-order valence-electron chi connectivity index (χ4n) is 2.54. The SMILES string of the molecule is O=C(O)CCS(=O)(=O)N1CCC(c2ccccc2)CC1. The molecule has 1 aromatic rings. The number of carbonyl (C=O) groups is 1. The number of carboxylic acids is 1. The van der Waals surface area contributed by atoms with E-state index in [-0.39, 0.29) is 12.2 Å². The van der Waals surface area contributed by atoms with Crippen LogP contribution in [-0.4, -0.2) is 42.6 Å². The van der Waals surface area contributed by atoms with Crippen LogP contribution in [0.15, 0.2) is 30.3 Å². The lowest BCUT2D eigenvalue weighted by atomic mass is 9.90. The van der Waals surface area contributed by atoms with E-state index in [0.717, 1.165) is 12.8 Å². The van der Waals surface area contributed by atoms with Crippen LogP contribution in [0.3, 0.4) is 0 Å². The Morgan fingerprint density at radius 1 is 1.20 bits per heavy atom. The van der Waals surface area contributed by atoms with Gasteiger partial charge in [0.15, 0.2) is 0 Å². The van der Waals surface area contributed by atoms with E-state index in [1.165, 1.54) is 9.87 Å². The lowest BCUT2D eigenvalue weighted by Gasteiger charge is -2.31. The predicted molar refractivity (Wildman–Crippen MR) is 76.0 cm³/mol. The highest BCUT2D eigenvalue weighted by Gasteiger charge is 2.28. The highest BCUT2D eigenvalue weighted by molar-refractivity contribution is 7.89. The quantitative estimate of drug-likeness (QED) is 0.897. The van der Waals surface area contributed by atoms with Gasteiger partial charge in [-0.3, -0.25) is 4.79 Å². The lowest BCUT2D eigenvalue weighted by Crippen LogP contribution is -2.39. The molecule has 0 unspecified atom stereocenters. The van der Waals surface area contributed by atoms with Gasteiger partial charge in [-0.05, 0) is 24.3 Å². The molecule has 1 fully saturated rings. The van der Waals surface area contributed by atoms with Crippen molar-refractivity contribution < 1.29 is 18.3 Å². The minimum absolute atomic E-state index is 0.307. The van der Waals surface area contributed by atoms with E-state index >= 15 is 0 Å². The Labute approximate surface area is 119 Å². The highest BCUT2D eigenvalue weighted by atomic mass is 32.2. The molecule has 0 atom stereocenters. The van der Waals surface area contributed by atoms with Gasteiger partial charge >= 0.3 is 5.97 Å². The van der Waals surface area contributed by atoms with Gasteiger partial charge < -0.3 is 5.11 Å². The van der Waals surface area contributed by atoms with Crippen LogP contribution >= 0.6 is 0 Å². The van der Waals surface area contributed by atoms with Crippen molar-refractivity contribution in [3.8, 4) is 0 Å². The number of rotatable bonds is 5. The summed E-state index contributed by atoms with van der Waals surface area (Å²) in [6, 6.07) is 10.1. The molecule has 5 nitrogen and oxygen atoms in total. The Morgan fingerprint density at radius 3 is 2.35 bits per heavy atom. The summed E-state index contributed by atoms with van der Waals surface area (Å²) in [7, 11) is -3.43. The molecule has 0 saturated carbocycles. The van der Waals surface area contributed by atoms with Gasteiger partial charge in [-0.1, -0.05) is 30.3 Å². The van der Waals surface area contributed by atoms with Gasteiger partial charge in [-0.15, -0.1) is 0 Å². The maximum atomic E-state index is 12.0. The van der Waals surface area contributed by atoms with E-state index in [1.54, 1.807) is 0 Å². The summed E-state index contributed by atoms with van der Waals surface area (Å²) in [4.78, 5) is 10.5. The second kappa shape index (κ2) is 6.37. The van der Waals surface area contributed by atoms with Crippen molar-refractivity contribution in [1.29, 1.82) is 0 Å². The first-order chi connectivity index (χ1) is 9.49. The van der Waals surface area contributed by atoms with Crippen molar-refractivity contribution in [2.24, 2.45) is 0 Å². The molecule has 1 aliphatic rings. The Kier molecular flexibility index (Phi) is 4.77. The molecule has 0 aliphatic carbocycles. The summed E-state index contributed by atoms with van der Waals surface area (Å²) in [5.41, 5.74) is 1.25. The molecule has 0 aromatic heterocycles. The maximum absolute atomic E-state index is 12.0. The number of hydrogen-bond acceptors (Lipinski definition) is 3. The molecule has 1 aromatic carbocycles. The maximum Gasteiger partial charge on any atom is 0.304 e. The number of sulfonamides is 1. The zero-order valence-corrected chi connectivity index (χ0v) is 12.1. The smallest absolute Gasteiger partial charge is 0.304 e. The Morgan fingerprint density at radius 2 is 1.80 bits per heavy atom. The van der Waals surface area contributed by atoms with Crippen molar-refractivity contribution in [2.45, 2.75) is 25.2 Å². The molecule has 110 valence electrons. The van der Waals surface area contributed by atoms with E-state index in [0.29, 0.717) is 19.0 Å². The van der Waals surface area contributed by atoms with Crippen molar-refractivity contribution in [1.82, 2.24) is 4.31 Å². The number of aliphatic carboxylic acids is 1. The standard InChI is InChI=1S/C14H19NO4S/c16-14(17)8-11-20(18,19)15-9-6-13(7-10-15)12-4-2-1-3-5-12/h1-5,13H,6-11H2,(H,16,17).